The summed E-state index contributed by atoms with van der Waals surface area (Å²) in [5.74, 6) is -0.0293. The average molecular weight is 213 g/mol. The van der Waals surface area contributed by atoms with Crippen LogP contribution >= 0.6 is 0 Å². The van der Waals surface area contributed by atoms with Crippen LogP contribution in [0.5, 0.6) is 0 Å². The summed E-state index contributed by atoms with van der Waals surface area (Å²) in [6.45, 7) is 3.89. The van der Waals surface area contributed by atoms with Crippen LogP contribution in [0.2, 0.25) is 0 Å². The third-order valence-electron chi connectivity index (χ3n) is 2.61. The second-order valence-corrected chi connectivity index (χ2v) is 3.94. The van der Waals surface area contributed by atoms with Gasteiger partial charge in [-0.1, -0.05) is 6.92 Å². The Bertz CT molecular complexity index is 243. The number of amides is 2. The zero-order valence-electron chi connectivity index (χ0n) is 9.16. The minimum Gasteiger partial charge on any atom is -0.353 e. The van der Waals surface area contributed by atoms with Gasteiger partial charge in [-0.25, -0.2) is 0 Å². The average Bonchev–Trinajstić information content (AvgIpc) is 2.24. The summed E-state index contributed by atoms with van der Waals surface area (Å²) in [5.41, 5.74) is 5.39. The van der Waals surface area contributed by atoms with Crippen LogP contribution in [-0.4, -0.2) is 42.9 Å². The molecule has 3 N–H and O–H groups in total. The molecular formula is C10H19N3O2. The first-order valence-corrected chi connectivity index (χ1v) is 5.40. The van der Waals surface area contributed by atoms with E-state index < -0.39 is 0 Å². The van der Waals surface area contributed by atoms with E-state index in [0.717, 1.165) is 12.8 Å². The molecule has 0 aliphatic carbocycles. The Hall–Kier alpha value is -1.10. The van der Waals surface area contributed by atoms with Gasteiger partial charge in [0.15, 0.2) is 0 Å². The predicted octanol–water partition coefficient (Wildman–Crippen LogP) is -0.680. The molecule has 2 amide bonds. The van der Waals surface area contributed by atoms with Crippen molar-refractivity contribution in [1.82, 2.24) is 10.2 Å². The maximum Gasteiger partial charge on any atom is 0.239 e. The molecular weight excluding hydrogens is 194 g/mol. The molecule has 0 saturated carbocycles. The van der Waals surface area contributed by atoms with Crippen molar-refractivity contribution in [3.05, 3.63) is 0 Å². The number of carbonyl (C=O) groups excluding carboxylic acids is 2. The van der Waals surface area contributed by atoms with Gasteiger partial charge in [-0.15, -0.1) is 0 Å². The van der Waals surface area contributed by atoms with E-state index >= 15 is 0 Å². The summed E-state index contributed by atoms with van der Waals surface area (Å²) in [5, 5.41) is 2.70. The minimum atomic E-state index is -0.0689. The Balaban J connectivity index is 2.40. The fourth-order valence-electron chi connectivity index (χ4n) is 1.69. The molecule has 1 rings (SSSR count). The zero-order valence-corrected chi connectivity index (χ0v) is 9.16. The molecule has 0 spiro atoms. The van der Waals surface area contributed by atoms with Crippen molar-refractivity contribution in [3.8, 4) is 0 Å². The van der Waals surface area contributed by atoms with Gasteiger partial charge in [0.05, 0.1) is 6.54 Å². The van der Waals surface area contributed by atoms with E-state index in [2.05, 4.69) is 5.32 Å². The fourth-order valence-corrected chi connectivity index (χ4v) is 1.69. The Morgan fingerprint density at radius 1 is 1.67 bits per heavy atom. The molecule has 15 heavy (non-hydrogen) atoms. The maximum atomic E-state index is 11.9. The van der Waals surface area contributed by atoms with Crippen molar-refractivity contribution < 1.29 is 9.59 Å². The van der Waals surface area contributed by atoms with E-state index in [1.165, 1.54) is 0 Å². The zero-order chi connectivity index (χ0) is 11.3. The van der Waals surface area contributed by atoms with Gasteiger partial charge in [-0.3, -0.25) is 9.59 Å². The van der Waals surface area contributed by atoms with E-state index in [1.807, 2.05) is 6.92 Å². The number of hydrogen-bond acceptors (Lipinski definition) is 3. The first kappa shape index (κ1) is 12.0. The smallest absolute Gasteiger partial charge is 0.239 e. The van der Waals surface area contributed by atoms with Crippen LogP contribution in [-0.2, 0) is 9.59 Å². The summed E-state index contributed by atoms with van der Waals surface area (Å²) in [6, 6.07) is 0. The number of nitrogens with two attached hydrogens (primary N) is 1. The number of carbonyl (C=O) groups is 2. The number of hydrogen-bond donors (Lipinski definition) is 2. The third-order valence-corrected chi connectivity index (χ3v) is 2.61. The van der Waals surface area contributed by atoms with Gasteiger partial charge >= 0.3 is 0 Å². The lowest BCUT2D eigenvalue weighted by atomic mass is 10.0. The highest BCUT2D eigenvalue weighted by atomic mass is 16.2. The quantitative estimate of drug-likeness (QED) is 0.649. The van der Waals surface area contributed by atoms with Crippen LogP contribution in [0.15, 0.2) is 0 Å². The van der Waals surface area contributed by atoms with E-state index in [4.69, 9.17) is 5.73 Å². The van der Waals surface area contributed by atoms with E-state index in [-0.39, 0.29) is 24.3 Å². The summed E-state index contributed by atoms with van der Waals surface area (Å²) < 4.78 is 0. The molecule has 1 atom stereocenters. The van der Waals surface area contributed by atoms with Gasteiger partial charge in [0, 0.05) is 19.0 Å². The highest BCUT2D eigenvalue weighted by Gasteiger charge is 2.24. The molecule has 86 valence electrons. The Morgan fingerprint density at radius 3 is 3.00 bits per heavy atom. The fraction of sp³-hybridized carbons (Fsp3) is 0.800. The van der Waals surface area contributed by atoms with Gasteiger partial charge < -0.3 is 16.0 Å². The Labute approximate surface area is 90.0 Å². The maximum absolute atomic E-state index is 11.9. The van der Waals surface area contributed by atoms with Crippen LogP contribution in [0.25, 0.3) is 0 Å². The second-order valence-electron chi connectivity index (χ2n) is 3.94. The highest BCUT2D eigenvalue weighted by Crippen LogP contribution is 2.10. The van der Waals surface area contributed by atoms with Crippen molar-refractivity contribution in [2.45, 2.75) is 19.8 Å². The topological polar surface area (TPSA) is 75.4 Å². The minimum absolute atomic E-state index is 0.0283. The van der Waals surface area contributed by atoms with E-state index in [9.17, 15) is 9.59 Å². The molecule has 0 aromatic rings. The molecule has 0 radical (unpaired) electrons. The standard InChI is InChI=1S/C10H19N3O2/c1-8(3-2-4-11)10(15)13-6-5-12-9(14)7-13/h8H,2-7,11H2,1H3,(H,12,14). The lowest BCUT2D eigenvalue weighted by Crippen LogP contribution is -2.51. The lowest BCUT2D eigenvalue weighted by molar-refractivity contribution is -0.141. The van der Waals surface area contributed by atoms with Crippen LogP contribution in [0.4, 0.5) is 0 Å². The first-order chi connectivity index (χ1) is 7.15. The molecule has 0 bridgehead atoms. The molecule has 0 aromatic heterocycles. The van der Waals surface area contributed by atoms with Crippen molar-refractivity contribution in [2.24, 2.45) is 11.7 Å². The van der Waals surface area contributed by atoms with Crippen LogP contribution < -0.4 is 11.1 Å². The summed E-state index contributed by atoms with van der Waals surface area (Å²) in [7, 11) is 0. The molecule has 1 heterocycles. The summed E-state index contributed by atoms with van der Waals surface area (Å²) in [6.07, 6.45) is 1.65. The molecule has 1 unspecified atom stereocenters. The SMILES string of the molecule is CC(CCCN)C(=O)N1CCNC(=O)C1. The van der Waals surface area contributed by atoms with Crippen LogP contribution in [0, 0.1) is 5.92 Å². The number of nitrogens with one attached hydrogen (secondary N) is 1. The normalized spacial score (nSPS) is 18.5. The van der Waals surface area contributed by atoms with Crippen LogP contribution in [0.3, 0.4) is 0 Å². The molecule has 1 aliphatic rings. The van der Waals surface area contributed by atoms with Gasteiger partial charge in [0.2, 0.25) is 11.8 Å². The Morgan fingerprint density at radius 2 is 2.40 bits per heavy atom. The third kappa shape index (κ3) is 3.51. The van der Waals surface area contributed by atoms with Gasteiger partial charge in [-0.2, -0.15) is 0 Å². The number of nitrogens with zero attached hydrogens (tertiary/aromatic N) is 1. The lowest BCUT2D eigenvalue weighted by Gasteiger charge is -2.29. The summed E-state index contributed by atoms with van der Waals surface area (Å²) >= 11 is 0. The van der Waals surface area contributed by atoms with Gasteiger partial charge in [-0.05, 0) is 19.4 Å². The van der Waals surface area contributed by atoms with Crippen LogP contribution in [0.1, 0.15) is 19.8 Å². The molecule has 5 heteroatoms. The van der Waals surface area contributed by atoms with Crippen molar-refractivity contribution in [2.75, 3.05) is 26.2 Å². The van der Waals surface area contributed by atoms with E-state index in [0.29, 0.717) is 19.6 Å². The highest BCUT2D eigenvalue weighted by molar-refractivity contribution is 5.86. The summed E-state index contributed by atoms with van der Waals surface area (Å²) in [4.78, 5) is 24.6. The van der Waals surface area contributed by atoms with Crippen molar-refractivity contribution >= 4 is 11.8 Å². The largest absolute Gasteiger partial charge is 0.353 e. The molecule has 1 aliphatic heterocycles. The first-order valence-electron chi connectivity index (χ1n) is 5.40. The van der Waals surface area contributed by atoms with E-state index in [1.54, 1.807) is 4.90 Å². The number of piperazine rings is 1. The monoisotopic (exact) mass is 213 g/mol. The molecule has 0 aromatic carbocycles. The van der Waals surface area contributed by atoms with Gasteiger partial charge in [0.25, 0.3) is 0 Å². The second kappa shape index (κ2) is 5.70. The molecule has 1 fully saturated rings. The van der Waals surface area contributed by atoms with Crippen molar-refractivity contribution in [1.29, 1.82) is 0 Å². The molecule has 5 nitrogen and oxygen atoms in total. The predicted molar refractivity (Wildman–Crippen MR) is 57.0 cm³/mol. The molecule has 1 saturated heterocycles. The Kier molecular flexibility index (Phi) is 4.55. The van der Waals surface area contributed by atoms with Crippen molar-refractivity contribution in [3.63, 3.8) is 0 Å². The van der Waals surface area contributed by atoms with Gasteiger partial charge in [0.1, 0.15) is 0 Å². The number of rotatable bonds is 4.